The van der Waals surface area contributed by atoms with Gasteiger partial charge in [-0.15, -0.1) is 3.89 Å². The fourth-order valence-corrected chi connectivity index (χ4v) is 2.11. The number of esters is 1. The number of carbonyl (C=O) groups excluding carboxylic acids is 1. The largest absolute Gasteiger partial charge is 0.462 e. The first kappa shape index (κ1) is 14.0. The van der Waals surface area contributed by atoms with Crippen molar-refractivity contribution in [1.82, 2.24) is 0 Å². The third-order valence-corrected chi connectivity index (χ3v) is 3.27. The fourth-order valence-electron chi connectivity index (χ4n) is 1.08. The highest BCUT2D eigenvalue weighted by Crippen LogP contribution is 2.26. The summed E-state index contributed by atoms with van der Waals surface area (Å²) >= 11 is 2.86. The molecule has 0 aliphatic rings. The van der Waals surface area contributed by atoms with Gasteiger partial charge in [0.25, 0.3) is 0 Å². The van der Waals surface area contributed by atoms with Crippen molar-refractivity contribution in [2.75, 3.05) is 6.61 Å². The predicted octanol–water partition coefficient (Wildman–Crippen LogP) is 2.42. The summed E-state index contributed by atoms with van der Waals surface area (Å²) in [6.07, 6.45) is 0. The van der Waals surface area contributed by atoms with Crippen LogP contribution in [-0.4, -0.2) is 21.0 Å². The van der Waals surface area contributed by atoms with Gasteiger partial charge in [-0.25, -0.2) is 9.18 Å². The van der Waals surface area contributed by atoms with Crippen LogP contribution in [0.25, 0.3) is 0 Å². The Bertz CT molecular complexity index is 556. The van der Waals surface area contributed by atoms with E-state index < -0.39 is 26.9 Å². The molecule has 0 fully saturated rings. The zero-order valence-corrected chi connectivity index (χ0v) is 10.9. The van der Waals surface area contributed by atoms with E-state index in [1.807, 2.05) is 0 Å². The molecule has 0 unspecified atom stereocenters. The molecule has 8 heteroatoms. The molecular weight excluding hydrogens is 322 g/mol. The van der Waals surface area contributed by atoms with Gasteiger partial charge in [-0.05, 0) is 35.0 Å². The predicted molar refractivity (Wildman–Crippen MR) is 58.4 cm³/mol. The van der Waals surface area contributed by atoms with E-state index in [-0.39, 0.29) is 16.6 Å². The van der Waals surface area contributed by atoms with Crippen LogP contribution >= 0.6 is 15.9 Å². The van der Waals surface area contributed by atoms with E-state index >= 15 is 0 Å². The molecule has 0 aliphatic carbocycles. The Balaban J connectivity index is 3.39. The fraction of sp³-hybridized carbons (Fsp3) is 0.222. The number of carbonyl (C=O) groups is 1. The number of ether oxygens (including phenoxy) is 1. The van der Waals surface area contributed by atoms with Crippen LogP contribution in [0.5, 0.6) is 0 Å². The molecular formula is C9H7BrF2O4S. The van der Waals surface area contributed by atoms with E-state index in [4.69, 9.17) is 0 Å². The summed E-state index contributed by atoms with van der Waals surface area (Å²) < 4.78 is 51.7. The molecule has 0 saturated carbocycles. The Labute approximate surface area is 105 Å². The Kier molecular flexibility index (Phi) is 4.21. The molecule has 1 aromatic carbocycles. The Hall–Kier alpha value is -1.02. The van der Waals surface area contributed by atoms with Gasteiger partial charge in [0, 0.05) is 4.47 Å². The van der Waals surface area contributed by atoms with Crippen molar-refractivity contribution in [1.29, 1.82) is 0 Å². The van der Waals surface area contributed by atoms with Crippen molar-refractivity contribution < 1.29 is 26.2 Å². The van der Waals surface area contributed by atoms with Crippen molar-refractivity contribution >= 4 is 32.1 Å². The smallest absolute Gasteiger partial charge is 0.339 e. The van der Waals surface area contributed by atoms with Gasteiger partial charge >= 0.3 is 16.2 Å². The molecule has 1 aromatic rings. The second-order valence-electron chi connectivity index (χ2n) is 2.92. The number of hydrogen-bond donors (Lipinski definition) is 0. The maximum absolute atomic E-state index is 13.2. The highest BCUT2D eigenvalue weighted by atomic mass is 79.9. The van der Waals surface area contributed by atoms with E-state index in [0.717, 1.165) is 0 Å². The van der Waals surface area contributed by atoms with Crippen LogP contribution in [0.3, 0.4) is 0 Å². The minimum absolute atomic E-state index is 0.0131. The molecule has 1 rings (SSSR count). The van der Waals surface area contributed by atoms with E-state index in [9.17, 15) is 21.5 Å². The van der Waals surface area contributed by atoms with Crippen molar-refractivity contribution in [3.8, 4) is 0 Å². The first-order valence-corrected chi connectivity index (χ1v) is 6.55. The third-order valence-electron chi connectivity index (χ3n) is 1.78. The topological polar surface area (TPSA) is 60.4 Å². The van der Waals surface area contributed by atoms with Gasteiger partial charge in [-0.2, -0.15) is 8.42 Å². The molecule has 4 nitrogen and oxygen atoms in total. The van der Waals surface area contributed by atoms with Gasteiger partial charge < -0.3 is 4.74 Å². The summed E-state index contributed by atoms with van der Waals surface area (Å²) in [6.45, 7) is 1.60. The minimum atomic E-state index is -5.22. The molecule has 0 saturated heterocycles. The molecule has 0 amide bonds. The van der Waals surface area contributed by atoms with Crippen LogP contribution in [0, 0.1) is 5.82 Å². The maximum Gasteiger partial charge on any atom is 0.339 e. The lowest BCUT2D eigenvalue weighted by Gasteiger charge is -2.06. The lowest BCUT2D eigenvalue weighted by molar-refractivity contribution is 0.0525. The van der Waals surface area contributed by atoms with Crippen LogP contribution < -0.4 is 0 Å². The number of benzene rings is 1. The highest BCUT2D eigenvalue weighted by molar-refractivity contribution is 9.10. The first-order chi connectivity index (χ1) is 7.77. The van der Waals surface area contributed by atoms with Gasteiger partial charge in [-0.3, -0.25) is 0 Å². The lowest BCUT2D eigenvalue weighted by Crippen LogP contribution is -2.08. The zero-order valence-electron chi connectivity index (χ0n) is 8.54. The Morgan fingerprint density at radius 3 is 2.53 bits per heavy atom. The lowest BCUT2D eigenvalue weighted by atomic mass is 10.2. The molecule has 0 heterocycles. The summed E-state index contributed by atoms with van der Waals surface area (Å²) in [6, 6.07) is 1.28. The zero-order chi connectivity index (χ0) is 13.2. The molecule has 0 spiro atoms. The molecule has 0 radical (unpaired) electrons. The van der Waals surface area contributed by atoms with Crippen LogP contribution in [0.1, 0.15) is 17.3 Å². The first-order valence-electron chi connectivity index (χ1n) is 4.38. The van der Waals surface area contributed by atoms with Crippen molar-refractivity contribution in [3.05, 3.63) is 28.0 Å². The molecule has 0 aromatic heterocycles. The number of hydrogen-bond acceptors (Lipinski definition) is 4. The molecule has 0 bridgehead atoms. The summed E-state index contributed by atoms with van der Waals surface area (Å²) in [5.74, 6) is -2.16. The maximum atomic E-state index is 13.2. The molecule has 0 N–H and O–H groups in total. The van der Waals surface area contributed by atoms with Gasteiger partial charge in [0.15, 0.2) is 0 Å². The molecule has 17 heavy (non-hydrogen) atoms. The van der Waals surface area contributed by atoms with Gasteiger partial charge in [0.2, 0.25) is 0 Å². The Morgan fingerprint density at radius 2 is 2.06 bits per heavy atom. The summed E-state index contributed by atoms with van der Waals surface area (Å²) in [7, 11) is -5.22. The van der Waals surface area contributed by atoms with Crippen LogP contribution in [0.15, 0.2) is 21.5 Å². The SMILES string of the molecule is CCOC(=O)c1cc(S(=O)(=O)F)c(F)cc1Br. The van der Waals surface area contributed by atoms with Crippen LogP contribution in [0.2, 0.25) is 0 Å². The van der Waals surface area contributed by atoms with E-state index in [2.05, 4.69) is 20.7 Å². The molecule has 0 atom stereocenters. The minimum Gasteiger partial charge on any atom is -0.462 e. The highest BCUT2D eigenvalue weighted by Gasteiger charge is 2.23. The summed E-state index contributed by atoms with van der Waals surface area (Å²) in [5.41, 5.74) is -0.260. The number of halogens is 3. The van der Waals surface area contributed by atoms with Gasteiger partial charge in [0.05, 0.1) is 12.2 Å². The Morgan fingerprint density at radius 1 is 1.47 bits per heavy atom. The average Bonchev–Trinajstić information content (AvgIpc) is 2.15. The normalized spacial score (nSPS) is 11.3. The standard InChI is InChI=1S/C9H7BrF2O4S/c1-2-16-9(13)5-3-8(17(12,14)15)7(11)4-6(5)10/h3-4H,2H2,1H3. The van der Waals surface area contributed by atoms with Crippen molar-refractivity contribution in [3.63, 3.8) is 0 Å². The van der Waals surface area contributed by atoms with Crippen LogP contribution in [-0.2, 0) is 15.0 Å². The summed E-state index contributed by atoms with van der Waals surface area (Å²) in [4.78, 5) is 10.2. The molecule has 0 aliphatic heterocycles. The number of rotatable bonds is 3. The second kappa shape index (κ2) is 5.09. The van der Waals surface area contributed by atoms with Crippen molar-refractivity contribution in [2.24, 2.45) is 0 Å². The average molecular weight is 329 g/mol. The van der Waals surface area contributed by atoms with E-state index in [1.165, 1.54) is 0 Å². The van der Waals surface area contributed by atoms with Crippen molar-refractivity contribution in [2.45, 2.75) is 11.8 Å². The molecule has 94 valence electrons. The van der Waals surface area contributed by atoms with Crippen LogP contribution in [0.4, 0.5) is 8.28 Å². The van der Waals surface area contributed by atoms with Gasteiger partial charge in [-0.1, -0.05) is 0 Å². The third kappa shape index (κ3) is 3.22. The monoisotopic (exact) mass is 328 g/mol. The van der Waals surface area contributed by atoms with E-state index in [1.54, 1.807) is 6.92 Å². The van der Waals surface area contributed by atoms with Gasteiger partial charge in [0.1, 0.15) is 10.7 Å². The second-order valence-corrected chi connectivity index (χ2v) is 5.09. The quantitative estimate of drug-likeness (QED) is 0.631. The van der Waals surface area contributed by atoms with E-state index in [0.29, 0.717) is 12.1 Å². The summed E-state index contributed by atoms with van der Waals surface area (Å²) in [5, 5.41) is 0.